The fraction of sp³-hybridized carbons (Fsp3) is 0.118. The summed E-state index contributed by atoms with van der Waals surface area (Å²) in [5, 5.41) is 9.71. The summed E-state index contributed by atoms with van der Waals surface area (Å²) in [6, 6.07) is 12.0. The molecule has 21 heavy (non-hydrogen) atoms. The number of phenolic OH excluding ortho intramolecular Hbond substituents is 1. The lowest BCUT2D eigenvalue weighted by Gasteiger charge is -2.09. The van der Waals surface area contributed by atoms with Gasteiger partial charge in [-0.2, -0.15) is 0 Å². The van der Waals surface area contributed by atoms with Gasteiger partial charge in [-0.25, -0.2) is 0 Å². The molecule has 0 aromatic heterocycles. The molecule has 0 radical (unpaired) electrons. The minimum Gasteiger partial charge on any atom is -0.504 e. The van der Waals surface area contributed by atoms with Gasteiger partial charge in [0.05, 0.1) is 14.2 Å². The molecule has 0 aliphatic rings. The topological polar surface area (TPSA) is 55.8 Å². The van der Waals surface area contributed by atoms with E-state index >= 15 is 0 Å². The molecule has 4 heteroatoms. The molecule has 0 aliphatic heterocycles. The lowest BCUT2D eigenvalue weighted by Crippen LogP contribution is -1.94. The van der Waals surface area contributed by atoms with E-state index in [1.54, 1.807) is 24.3 Å². The molecule has 1 N–H and O–H groups in total. The first-order valence-corrected chi connectivity index (χ1v) is 6.38. The van der Waals surface area contributed by atoms with Crippen LogP contribution in [0, 0.1) is 0 Å². The standard InChI is InChI=1S/C17H16O4/c1-20-16-11-15(19)17(21-2)10-13(16)8-9-14(18)12-6-4-3-5-7-12/h3-11,19H,1-2H3. The van der Waals surface area contributed by atoms with Gasteiger partial charge in [-0.3, -0.25) is 4.79 Å². The number of rotatable bonds is 5. The fourth-order valence-corrected chi connectivity index (χ4v) is 1.90. The minimum absolute atomic E-state index is 0.0131. The molecule has 0 fully saturated rings. The number of aromatic hydroxyl groups is 1. The normalized spacial score (nSPS) is 10.6. The van der Waals surface area contributed by atoms with Gasteiger partial charge in [-0.05, 0) is 18.2 Å². The van der Waals surface area contributed by atoms with Crippen LogP contribution in [0.15, 0.2) is 48.5 Å². The van der Waals surface area contributed by atoms with Gasteiger partial charge in [-0.1, -0.05) is 30.3 Å². The van der Waals surface area contributed by atoms with Crippen LogP contribution in [0.5, 0.6) is 17.2 Å². The Bertz CT molecular complexity index is 660. The second kappa shape index (κ2) is 6.61. The predicted molar refractivity (Wildman–Crippen MR) is 81.0 cm³/mol. The number of benzene rings is 2. The van der Waals surface area contributed by atoms with Gasteiger partial charge < -0.3 is 14.6 Å². The Morgan fingerprint density at radius 3 is 2.33 bits per heavy atom. The lowest BCUT2D eigenvalue weighted by molar-refractivity contribution is 0.104. The Labute approximate surface area is 123 Å². The van der Waals surface area contributed by atoms with Crippen molar-refractivity contribution in [3.05, 3.63) is 59.7 Å². The summed E-state index contributed by atoms with van der Waals surface area (Å²) in [5.41, 5.74) is 1.26. The number of phenols is 1. The van der Waals surface area contributed by atoms with Crippen LogP contribution >= 0.6 is 0 Å². The molecule has 2 aromatic carbocycles. The number of ether oxygens (including phenoxy) is 2. The molecule has 0 unspecified atom stereocenters. The highest BCUT2D eigenvalue weighted by molar-refractivity contribution is 6.06. The molecule has 2 rings (SSSR count). The largest absolute Gasteiger partial charge is 0.504 e. The number of hydrogen-bond acceptors (Lipinski definition) is 4. The Morgan fingerprint density at radius 1 is 1.05 bits per heavy atom. The number of ketones is 1. The highest BCUT2D eigenvalue weighted by Gasteiger charge is 2.09. The van der Waals surface area contributed by atoms with Crippen molar-refractivity contribution in [2.24, 2.45) is 0 Å². The van der Waals surface area contributed by atoms with Crippen molar-refractivity contribution < 1.29 is 19.4 Å². The molecule has 0 saturated carbocycles. The first-order chi connectivity index (χ1) is 10.2. The van der Waals surface area contributed by atoms with E-state index in [-0.39, 0.29) is 11.5 Å². The summed E-state index contributed by atoms with van der Waals surface area (Å²) >= 11 is 0. The molecule has 108 valence electrons. The highest BCUT2D eigenvalue weighted by Crippen LogP contribution is 2.34. The molecule has 2 aromatic rings. The van der Waals surface area contributed by atoms with Crippen molar-refractivity contribution in [3.8, 4) is 17.2 Å². The van der Waals surface area contributed by atoms with E-state index in [0.717, 1.165) is 0 Å². The van der Waals surface area contributed by atoms with E-state index in [0.29, 0.717) is 22.6 Å². The molecular weight excluding hydrogens is 268 g/mol. The first-order valence-electron chi connectivity index (χ1n) is 6.38. The molecule has 0 saturated heterocycles. The third-order valence-corrected chi connectivity index (χ3v) is 3.00. The van der Waals surface area contributed by atoms with Gasteiger partial charge in [0.1, 0.15) is 5.75 Å². The quantitative estimate of drug-likeness (QED) is 0.676. The smallest absolute Gasteiger partial charge is 0.185 e. The second-order valence-electron chi connectivity index (χ2n) is 4.33. The average molecular weight is 284 g/mol. The molecule has 0 aliphatic carbocycles. The maximum absolute atomic E-state index is 12.0. The summed E-state index contributed by atoms with van der Waals surface area (Å²) in [6.07, 6.45) is 3.10. The number of carbonyl (C=O) groups excluding carboxylic acids is 1. The van der Waals surface area contributed by atoms with Gasteiger partial charge in [0, 0.05) is 17.2 Å². The highest BCUT2D eigenvalue weighted by atomic mass is 16.5. The van der Waals surface area contributed by atoms with Crippen molar-refractivity contribution in [2.45, 2.75) is 0 Å². The Hall–Kier alpha value is -2.75. The van der Waals surface area contributed by atoms with Crippen LogP contribution in [0.4, 0.5) is 0 Å². The van der Waals surface area contributed by atoms with Crippen molar-refractivity contribution >= 4 is 11.9 Å². The van der Waals surface area contributed by atoms with Crippen LogP contribution in [0.1, 0.15) is 15.9 Å². The summed E-state index contributed by atoms with van der Waals surface area (Å²) < 4.78 is 10.2. The van der Waals surface area contributed by atoms with Crippen molar-refractivity contribution in [2.75, 3.05) is 14.2 Å². The van der Waals surface area contributed by atoms with Crippen LogP contribution in [0.2, 0.25) is 0 Å². The van der Waals surface area contributed by atoms with Gasteiger partial charge in [0.2, 0.25) is 0 Å². The van der Waals surface area contributed by atoms with Crippen LogP contribution in [0.3, 0.4) is 0 Å². The maximum Gasteiger partial charge on any atom is 0.185 e. The molecule has 4 nitrogen and oxygen atoms in total. The van der Waals surface area contributed by atoms with Crippen molar-refractivity contribution in [3.63, 3.8) is 0 Å². The van der Waals surface area contributed by atoms with Crippen LogP contribution < -0.4 is 9.47 Å². The van der Waals surface area contributed by atoms with E-state index < -0.39 is 0 Å². The number of allylic oxidation sites excluding steroid dienone is 1. The zero-order valence-corrected chi connectivity index (χ0v) is 11.9. The van der Waals surface area contributed by atoms with E-state index in [4.69, 9.17) is 9.47 Å². The first kappa shape index (κ1) is 14.7. The van der Waals surface area contributed by atoms with Crippen LogP contribution in [-0.2, 0) is 0 Å². The van der Waals surface area contributed by atoms with Crippen LogP contribution in [-0.4, -0.2) is 25.1 Å². The maximum atomic E-state index is 12.0. The van der Waals surface area contributed by atoms with E-state index in [1.807, 2.05) is 18.2 Å². The Morgan fingerprint density at radius 2 is 1.71 bits per heavy atom. The summed E-state index contributed by atoms with van der Waals surface area (Å²) in [7, 11) is 2.96. The zero-order chi connectivity index (χ0) is 15.2. The summed E-state index contributed by atoms with van der Waals surface area (Å²) in [5.74, 6) is 0.665. The minimum atomic E-state index is -0.107. The van der Waals surface area contributed by atoms with E-state index in [9.17, 15) is 9.90 Å². The molecule has 0 heterocycles. The molecule has 0 bridgehead atoms. The monoisotopic (exact) mass is 284 g/mol. The molecule has 0 spiro atoms. The third-order valence-electron chi connectivity index (χ3n) is 3.00. The van der Waals surface area contributed by atoms with Crippen molar-refractivity contribution in [1.82, 2.24) is 0 Å². The van der Waals surface area contributed by atoms with Crippen molar-refractivity contribution in [1.29, 1.82) is 0 Å². The second-order valence-corrected chi connectivity index (χ2v) is 4.33. The molecular formula is C17H16O4. The van der Waals surface area contributed by atoms with Gasteiger partial charge >= 0.3 is 0 Å². The average Bonchev–Trinajstić information content (AvgIpc) is 2.53. The van der Waals surface area contributed by atoms with Gasteiger partial charge in [0.15, 0.2) is 17.3 Å². The zero-order valence-electron chi connectivity index (χ0n) is 11.9. The Balaban J connectivity index is 2.30. The SMILES string of the molecule is COc1cc(C=CC(=O)c2ccccc2)c(OC)cc1O. The van der Waals surface area contributed by atoms with E-state index in [1.165, 1.54) is 26.4 Å². The fourth-order valence-electron chi connectivity index (χ4n) is 1.90. The Kier molecular flexibility index (Phi) is 4.61. The summed E-state index contributed by atoms with van der Waals surface area (Å²) in [6.45, 7) is 0. The number of carbonyl (C=O) groups is 1. The van der Waals surface area contributed by atoms with Gasteiger partial charge in [0.25, 0.3) is 0 Å². The van der Waals surface area contributed by atoms with Crippen LogP contribution in [0.25, 0.3) is 6.08 Å². The molecule has 0 amide bonds. The molecule has 0 atom stereocenters. The third kappa shape index (κ3) is 3.42. The van der Waals surface area contributed by atoms with E-state index in [2.05, 4.69) is 0 Å². The number of methoxy groups -OCH3 is 2. The number of hydrogen-bond donors (Lipinski definition) is 1. The predicted octanol–water partition coefficient (Wildman–Crippen LogP) is 3.31. The van der Waals surface area contributed by atoms with Gasteiger partial charge in [-0.15, -0.1) is 0 Å². The lowest BCUT2D eigenvalue weighted by atomic mass is 10.1. The summed E-state index contributed by atoms with van der Waals surface area (Å²) in [4.78, 5) is 12.0.